The number of carbonyl (C=O) groups is 1. The Morgan fingerprint density at radius 1 is 1.35 bits per heavy atom. The molecule has 0 unspecified atom stereocenters. The number of aromatic nitrogens is 4. The van der Waals surface area contributed by atoms with Gasteiger partial charge in [0.2, 0.25) is 0 Å². The van der Waals surface area contributed by atoms with Gasteiger partial charge in [0.1, 0.15) is 18.3 Å². The zero-order valence-corrected chi connectivity index (χ0v) is 14.2. The second kappa shape index (κ2) is 6.78. The number of anilines is 1. The maximum Gasteiger partial charge on any atom is 0.272 e. The first-order valence-electron chi connectivity index (χ1n) is 7.24. The molecule has 0 aliphatic carbocycles. The van der Waals surface area contributed by atoms with Crippen LogP contribution in [-0.4, -0.2) is 25.2 Å². The van der Waals surface area contributed by atoms with E-state index in [9.17, 15) is 4.79 Å². The third-order valence-electron chi connectivity index (χ3n) is 3.50. The summed E-state index contributed by atoms with van der Waals surface area (Å²) in [4.78, 5) is 16.5. The smallest absolute Gasteiger partial charge is 0.272 e. The summed E-state index contributed by atoms with van der Waals surface area (Å²) >= 11 is 3.41. The molecule has 0 radical (unpaired) electrons. The first-order chi connectivity index (χ1) is 11.2. The number of carbonyl (C=O) groups excluding carboxylic acids is 1. The number of hydrogen-bond acceptors (Lipinski definition) is 3. The first kappa shape index (κ1) is 15.5. The summed E-state index contributed by atoms with van der Waals surface area (Å²) in [6, 6.07) is 9.51. The molecule has 23 heavy (non-hydrogen) atoms. The predicted molar refractivity (Wildman–Crippen MR) is 91.3 cm³/mol. The van der Waals surface area contributed by atoms with Crippen molar-refractivity contribution in [3.05, 3.63) is 64.9 Å². The highest BCUT2D eigenvalue weighted by atomic mass is 79.9. The Bertz CT molecular complexity index is 810. The van der Waals surface area contributed by atoms with Gasteiger partial charge >= 0.3 is 0 Å². The molecular weight excluding hydrogens is 358 g/mol. The molecule has 2 heterocycles. The largest absolute Gasteiger partial charge is 0.343 e. The standard InChI is InChI=1S/C16H16BrN5O/c1-2-21-9-13(17)7-15(21)16(23)20-14-6-4-3-5-12(14)8-22-11-18-10-19-22/h3-7,9-11H,2,8H2,1H3,(H,20,23). The van der Waals surface area contributed by atoms with Gasteiger partial charge in [-0.3, -0.25) is 4.79 Å². The molecule has 0 aliphatic heterocycles. The molecule has 3 aromatic rings. The summed E-state index contributed by atoms with van der Waals surface area (Å²) in [6.45, 7) is 3.28. The van der Waals surface area contributed by atoms with Gasteiger partial charge in [0.25, 0.3) is 5.91 Å². The van der Waals surface area contributed by atoms with Gasteiger partial charge in [-0.1, -0.05) is 18.2 Å². The van der Waals surface area contributed by atoms with Gasteiger partial charge in [-0.15, -0.1) is 0 Å². The zero-order chi connectivity index (χ0) is 16.2. The van der Waals surface area contributed by atoms with Crippen molar-refractivity contribution in [3.63, 3.8) is 0 Å². The van der Waals surface area contributed by atoms with E-state index < -0.39 is 0 Å². The Balaban J connectivity index is 1.83. The molecule has 0 fully saturated rings. The summed E-state index contributed by atoms with van der Waals surface area (Å²) in [5.41, 5.74) is 2.36. The fourth-order valence-corrected chi connectivity index (χ4v) is 2.85. The highest BCUT2D eigenvalue weighted by Gasteiger charge is 2.14. The van der Waals surface area contributed by atoms with E-state index >= 15 is 0 Å². The average molecular weight is 374 g/mol. The van der Waals surface area contributed by atoms with Crippen LogP contribution >= 0.6 is 15.9 Å². The average Bonchev–Trinajstić information content (AvgIpc) is 3.18. The summed E-state index contributed by atoms with van der Waals surface area (Å²) in [5.74, 6) is -0.136. The molecule has 3 rings (SSSR count). The van der Waals surface area contributed by atoms with E-state index in [4.69, 9.17) is 0 Å². The quantitative estimate of drug-likeness (QED) is 0.746. The number of halogens is 1. The maximum absolute atomic E-state index is 12.6. The molecule has 0 saturated carbocycles. The van der Waals surface area contributed by atoms with Crippen LogP contribution in [0.3, 0.4) is 0 Å². The minimum Gasteiger partial charge on any atom is -0.343 e. The van der Waals surface area contributed by atoms with E-state index in [0.717, 1.165) is 22.3 Å². The number of nitrogens with zero attached hydrogens (tertiary/aromatic N) is 4. The van der Waals surface area contributed by atoms with Crippen LogP contribution in [0.2, 0.25) is 0 Å². The molecule has 7 heteroatoms. The van der Waals surface area contributed by atoms with Crippen LogP contribution in [-0.2, 0) is 13.1 Å². The number of amides is 1. The molecular formula is C16H16BrN5O. The van der Waals surface area contributed by atoms with Gasteiger partial charge in [0.05, 0.1) is 6.54 Å². The van der Waals surface area contributed by atoms with Crippen LogP contribution in [0.1, 0.15) is 23.0 Å². The van der Waals surface area contributed by atoms with Crippen LogP contribution in [0, 0.1) is 0 Å². The Labute approximate surface area is 142 Å². The Hall–Kier alpha value is -2.41. The topological polar surface area (TPSA) is 64.7 Å². The van der Waals surface area contributed by atoms with Crippen LogP contribution in [0.15, 0.2) is 53.7 Å². The zero-order valence-electron chi connectivity index (χ0n) is 12.6. The molecule has 1 aromatic carbocycles. The Kier molecular flexibility index (Phi) is 4.57. The van der Waals surface area contributed by atoms with Crippen LogP contribution < -0.4 is 5.32 Å². The number of benzene rings is 1. The number of para-hydroxylation sites is 1. The fourth-order valence-electron chi connectivity index (χ4n) is 2.38. The van der Waals surface area contributed by atoms with Gasteiger partial charge in [0, 0.05) is 22.9 Å². The van der Waals surface area contributed by atoms with Crippen molar-refractivity contribution >= 4 is 27.5 Å². The Morgan fingerprint density at radius 3 is 2.91 bits per heavy atom. The van der Waals surface area contributed by atoms with Crippen molar-refractivity contribution in [3.8, 4) is 0 Å². The molecule has 1 amide bonds. The van der Waals surface area contributed by atoms with Gasteiger partial charge in [0.15, 0.2) is 0 Å². The van der Waals surface area contributed by atoms with Crippen molar-refractivity contribution in [1.29, 1.82) is 0 Å². The summed E-state index contributed by atoms with van der Waals surface area (Å²) in [7, 11) is 0. The molecule has 1 N–H and O–H groups in total. The van der Waals surface area contributed by atoms with E-state index in [1.165, 1.54) is 6.33 Å². The highest BCUT2D eigenvalue weighted by molar-refractivity contribution is 9.10. The van der Waals surface area contributed by atoms with Crippen molar-refractivity contribution in [2.75, 3.05) is 5.32 Å². The summed E-state index contributed by atoms with van der Waals surface area (Å²) in [6.07, 6.45) is 5.04. The molecule has 0 atom stereocenters. The molecule has 0 aliphatic rings. The van der Waals surface area contributed by atoms with Crippen molar-refractivity contribution in [2.24, 2.45) is 0 Å². The second-order valence-corrected chi connectivity index (χ2v) is 5.95. The van der Waals surface area contributed by atoms with E-state index in [1.54, 1.807) is 11.0 Å². The second-order valence-electron chi connectivity index (χ2n) is 5.03. The molecule has 0 saturated heterocycles. The summed E-state index contributed by atoms with van der Waals surface area (Å²) < 4.78 is 4.51. The third kappa shape index (κ3) is 3.50. The minimum atomic E-state index is -0.136. The molecule has 6 nitrogen and oxygen atoms in total. The molecule has 0 spiro atoms. The van der Waals surface area contributed by atoms with Gasteiger partial charge in [-0.05, 0) is 40.5 Å². The third-order valence-corrected chi connectivity index (χ3v) is 3.93. The van der Waals surface area contributed by atoms with Gasteiger partial charge in [-0.25, -0.2) is 9.67 Å². The minimum absolute atomic E-state index is 0.136. The highest BCUT2D eigenvalue weighted by Crippen LogP contribution is 2.20. The monoisotopic (exact) mass is 373 g/mol. The van der Waals surface area contributed by atoms with Crippen molar-refractivity contribution in [1.82, 2.24) is 19.3 Å². The van der Waals surface area contributed by atoms with Crippen molar-refractivity contribution < 1.29 is 4.79 Å². The van der Waals surface area contributed by atoms with Crippen LogP contribution in [0.5, 0.6) is 0 Å². The van der Waals surface area contributed by atoms with E-state index in [1.807, 2.05) is 48.0 Å². The molecule has 0 bridgehead atoms. The van der Waals surface area contributed by atoms with Crippen LogP contribution in [0.25, 0.3) is 0 Å². The molecule has 118 valence electrons. The maximum atomic E-state index is 12.6. The van der Waals surface area contributed by atoms with Crippen molar-refractivity contribution in [2.45, 2.75) is 20.0 Å². The van der Waals surface area contributed by atoms with E-state index in [2.05, 4.69) is 31.3 Å². The van der Waals surface area contributed by atoms with E-state index in [-0.39, 0.29) is 5.91 Å². The first-order valence-corrected chi connectivity index (χ1v) is 8.04. The number of rotatable bonds is 5. The normalized spacial score (nSPS) is 10.7. The summed E-state index contributed by atoms with van der Waals surface area (Å²) in [5, 5.41) is 7.09. The van der Waals surface area contributed by atoms with Crippen LogP contribution in [0.4, 0.5) is 5.69 Å². The lowest BCUT2D eigenvalue weighted by molar-refractivity contribution is 0.101. The fraction of sp³-hybridized carbons (Fsp3) is 0.188. The number of hydrogen-bond donors (Lipinski definition) is 1. The SMILES string of the molecule is CCn1cc(Br)cc1C(=O)Nc1ccccc1Cn1cncn1. The lowest BCUT2D eigenvalue weighted by atomic mass is 10.1. The predicted octanol–water partition coefficient (Wildman–Crippen LogP) is 3.16. The van der Waals surface area contributed by atoms with E-state index in [0.29, 0.717) is 12.2 Å². The number of aryl methyl sites for hydroxylation is 1. The van der Waals surface area contributed by atoms with Gasteiger partial charge in [-0.2, -0.15) is 5.10 Å². The van der Waals surface area contributed by atoms with Gasteiger partial charge < -0.3 is 9.88 Å². The Morgan fingerprint density at radius 2 is 2.17 bits per heavy atom. The lowest BCUT2D eigenvalue weighted by Gasteiger charge is -2.12. The lowest BCUT2D eigenvalue weighted by Crippen LogP contribution is -2.17. The molecule has 2 aromatic heterocycles. The number of nitrogens with one attached hydrogen (secondary N) is 1.